The largest absolute Gasteiger partial charge is 0.310 e. The first kappa shape index (κ1) is 10.9. The van der Waals surface area contributed by atoms with Gasteiger partial charge in [-0.25, -0.2) is 0 Å². The molecule has 1 saturated carbocycles. The Balaban J connectivity index is 2.19. The highest BCUT2D eigenvalue weighted by Gasteiger charge is 2.28. The van der Waals surface area contributed by atoms with E-state index in [4.69, 9.17) is 11.6 Å². The summed E-state index contributed by atoms with van der Waals surface area (Å²) in [4.78, 5) is 4.03. The number of aromatic nitrogens is 1. The Labute approximate surface area is 96.1 Å². The van der Waals surface area contributed by atoms with Crippen LogP contribution in [0.3, 0.4) is 0 Å². The Bertz CT molecular complexity index is 323. The van der Waals surface area contributed by atoms with E-state index in [0.29, 0.717) is 6.04 Å². The van der Waals surface area contributed by atoms with E-state index >= 15 is 0 Å². The van der Waals surface area contributed by atoms with Gasteiger partial charge in [-0.3, -0.25) is 4.98 Å². The summed E-state index contributed by atoms with van der Waals surface area (Å²) in [6.45, 7) is 3.13. The van der Waals surface area contributed by atoms with Crippen LogP contribution in [0.15, 0.2) is 18.5 Å². The summed E-state index contributed by atoms with van der Waals surface area (Å²) in [5, 5.41) is 4.32. The molecular formula is C12H17ClN2. The molecule has 1 aliphatic rings. The molecule has 1 fully saturated rings. The fraction of sp³-hybridized carbons (Fsp3) is 0.583. The van der Waals surface area contributed by atoms with Crippen molar-refractivity contribution in [2.45, 2.75) is 32.2 Å². The van der Waals surface area contributed by atoms with Gasteiger partial charge in [-0.15, -0.1) is 0 Å². The van der Waals surface area contributed by atoms with E-state index in [1.165, 1.54) is 24.8 Å². The van der Waals surface area contributed by atoms with Gasteiger partial charge in [0.25, 0.3) is 0 Å². The van der Waals surface area contributed by atoms with Gasteiger partial charge in [0.1, 0.15) is 0 Å². The van der Waals surface area contributed by atoms with Crippen LogP contribution in [0.25, 0.3) is 0 Å². The van der Waals surface area contributed by atoms with Gasteiger partial charge in [0.2, 0.25) is 0 Å². The maximum atomic E-state index is 6.18. The molecule has 15 heavy (non-hydrogen) atoms. The van der Waals surface area contributed by atoms with Gasteiger partial charge in [0.15, 0.2) is 0 Å². The van der Waals surface area contributed by atoms with Gasteiger partial charge in [0, 0.05) is 18.4 Å². The maximum absolute atomic E-state index is 6.18. The van der Waals surface area contributed by atoms with Crippen LogP contribution in [-0.4, -0.2) is 11.5 Å². The molecule has 0 aromatic carbocycles. The quantitative estimate of drug-likeness (QED) is 0.850. The van der Waals surface area contributed by atoms with Gasteiger partial charge < -0.3 is 5.32 Å². The number of pyridine rings is 1. The molecule has 3 heteroatoms. The summed E-state index contributed by atoms with van der Waals surface area (Å²) < 4.78 is 0. The lowest BCUT2D eigenvalue weighted by atomic mass is 9.77. The summed E-state index contributed by atoms with van der Waals surface area (Å²) >= 11 is 6.18. The van der Waals surface area contributed by atoms with E-state index in [0.717, 1.165) is 17.5 Å². The third-order valence-electron chi connectivity index (χ3n) is 3.18. The molecule has 1 aliphatic carbocycles. The zero-order valence-corrected chi connectivity index (χ0v) is 9.80. The first-order valence-corrected chi connectivity index (χ1v) is 6.03. The molecule has 0 aliphatic heterocycles. The molecule has 1 atom stereocenters. The molecule has 2 nitrogen and oxygen atoms in total. The highest BCUT2D eigenvalue weighted by Crippen LogP contribution is 2.39. The maximum Gasteiger partial charge on any atom is 0.0637 e. The van der Waals surface area contributed by atoms with Crippen LogP contribution >= 0.6 is 11.6 Å². The predicted octanol–water partition coefficient (Wildman–Crippen LogP) is 3.19. The minimum atomic E-state index is 0.416. The monoisotopic (exact) mass is 224 g/mol. The fourth-order valence-corrected chi connectivity index (χ4v) is 2.40. The summed E-state index contributed by atoms with van der Waals surface area (Å²) in [6, 6.07) is 2.45. The zero-order chi connectivity index (χ0) is 10.7. The number of hydrogen-bond donors (Lipinski definition) is 1. The van der Waals surface area contributed by atoms with E-state index in [-0.39, 0.29) is 0 Å². The van der Waals surface area contributed by atoms with Crippen LogP contribution in [0.2, 0.25) is 5.02 Å². The molecule has 1 unspecified atom stereocenters. The van der Waals surface area contributed by atoms with Crippen LogP contribution in [0.5, 0.6) is 0 Å². The van der Waals surface area contributed by atoms with Crippen molar-refractivity contribution in [1.29, 1.82) is 0 Å². The molecule has 1 aromatic rings. The lowest BCUT2D eigenvalue weighted by molar-refractivity contribution is 0.233. The van der Waals surface area contributed by atoms with Crippen molar-refractivity contribution < 1.29 is 0 Å². The van der Waals surface area contributed by atoms with Crippen molar-refractivity contribution in [1.82, 2.24) is 10.3 Å². The van der Waals surface area contributed by atoms with Gasteiger partial charge in [-0.2, -0.15) is 0 Å². The van der Waals surface area contributed by atoms with Crippen LogP contribution in [-0.2, 0) is 0 Å². The Morgan fingerprint density at radius 1 is 1.60 bits per heavy atom. The first-order valence-electron chi connectivity index (χ1n) is 5.65. The van der Waals surface area contributed by atoms with Gasteiger partial charge in [-0.1, -0.05) is 24.9 Å². The smallest absolute Gasteiger partial charge is 0.0637 e. The summed E-state index contributed by atoms with van der Waals surface area (Å²) in [7, 11) is 0. The van der Waals surface area contributed by atoms with E-state index in [1.807, 2.05) is 12.3 Å². The Kier molecular flexibility index (Phi) is 3.60. The molecule has 0 saturated heterocycles. The van der Waals surface area contributed by atoms with Crippen LogP contribution in [0.1, 0.15) is 37.8 Å². The van der Waals surface area contributed by atoms with Crippen molar-refractivity contribution in [2.24, 2.45) is 5.92 Å². The standard InChI is InChI=1S/C12H17ClN2/c1-2-15-12(9-4-3-5-9)10-6-7-14-8-11(10)13/h6-9,12,15H,2-5H2,1H3. The molecule has 0 radical (unpaired) electrons. The summed E-state index contributed by atoms with van der Waals surface area (Å²) in [6.07, 6.45) is 7.55. The molecule has 0 amide bonds. The van der Waals surface area contributed by atoms with Crippen LogP contribution < -0.4 is 5.32 Å². The third kappa shape index (κ3) is 2.32. The van der Waals surface area contributed by atoms with E-state index in [1.54, 1.807) is 6.20 Å². The number of nitrogens with one attached hydrogen (secondary N) is 1. The minimum absolute atomic E-state index is 0.416. The Morgan fingerprint density at radius 3 is 2.93 bits per heavy atom. The predicted molar refractivity (Wildman–Crippen MR) is 63.0 cm³/mol. The second kappa shape index (κ2) is 4.95. The van der Waals surface area contributed by atoms with Crippen molar-refractivity contribution >= 4 is 11.6 Å². The number of halogens is 1. The first-order chi connectivity index (χ1) is 7.33. The lowest BCUT2D eigenvalue weighted by Gasteiger charge is -2.35. The van der Waals surface area contributed by atoms with Crippen molar-refractivity contribution in [3.05, 3.63) is 29.0 Å². The highest BCUT2D eigenvalue weighted by molar-refractivity contribution is 6.31. The SMILES string of the molecule is CCNC(c1ccncc1Cl)C1CCC1. The second-order valence-corrected chi connectivity index (χ2v) is 4.53. The molecule has 1 N–H and O–H groups in total. The number of nitrogens with zero attached hydrogens (tertiary/aromatic N) is 1. The van der Waals surface area contributed by atoms with E-state index < -0.39 is 0 Å². The second-order valence-electron chi connectivity index (χ2n) is 4.12. The summed E-state index contributed by atoms with van der Waals surface area (Å²) in [5.41, 5.74) is 1.21. The Hall–Kier alpha value is -0.600. The third-order valence-corrected chi connectivity index (χ3v) is 3.50. The Morgan fingerprint density at radius 2 is 2.40 bits per heavy atom. The number of hydrogen-bond acceptors (Lipinski definition) is 2. The van der Waals surface area contributed by atoms with Gasteiger partial charge >= 0.3 is 0 Å². The summed E-state index contributed by atoms with van der Waals surface area (Å²) in [5.74, 6) is 0.754. The van der Waals surface area contributed by atoms with Gasteiger partial charge in [0.05, 0.1) is 5.02 Å². The van der Waals surface area contributed by atoms with Crippen molar-refractivity contribution in [3.8, 4) is 0 Å². The average molecular weight is 225 g/mol. The molecule has 2 rings (SSSR count). The zero-order valence-electron chi connectivity index (χ0n) is 9.04. The highest BCUT2D eigenvalue weighted by atomic mass is 35.5. The lowest BCUT2D eigenvalue weighted by Crippen LogP contribution is -2.32. The van der Waals surface area contributed by atoms with E-state index in [2.05, 4.69) is 17.2 Å². The van der Waals surface area contributed by atoms with Crippen LogP contribution in [0, 0.1) is 5.92 Å². The van der Waals surface area contributed by atoms with Crippen molar-refractivity contribution in [3.63, 3.8) is 0 Å². The molecule has 1 heterocycles. The molecule has 0 bridgehead atoms. The molecular weight excluding hydrogens is 208 g/mol. The average Bonchev–Trinajstić information content (AvgIpc) is 2.15. The van der Waals surface area contributed by atoms with Crippen molar-refractivity contribution in [2.75, 3.05) is 6.54 Å². The molecule has 1 aromatic heterocycles. The number of rotatable bonds is 4. The molecule has 0 spiro atoms. The topological polar surface area (TPSA) is 24.9 Å². The van der Waals surface area contributed by atoms with E-state index in [9.17, 15) is 0 Å². The van der Waals surface area contributed by atoms with Crippen LogP contribution in [0.4, 0.5) is 0 Å². The van der Waals surface area contributed by atoms with Gasteiger partial charge in [-0.05, 0) is 36.9 Å². The molecule has 82 valence electrons. The fourth-order valence-electron chi connectivity index (χ4n) is 2.16. The minimum Gasteiger partial charge on any atom is -0.310 e. The normalized spacial score (nSPS) is 18.5.